The third-order valence-electron chi connectivity index (χ3n) is 3.33. The van der Waals surface area contributed by atoms with Gasteiger partial charge in [-0.2, -0.15) is 5.10 Å². The number of hydrogen-bond donors (Lipinski definition) is 2. The second kappa shape index (κ2) is 5.54. The van der Waals surface area contributed by atoms with Gasteiger partial charge >= 0.3 is 0 Å². The number of benzene rings is 1. The molecule has 1 aromatic heterocycles. The average molecular weight is 292 g/mol. The Hall–Kier alpha value is -2.01. The molecule has 2 heterocycles. The van der Waals surface area contributed by atoms with E-state index in [1.165, 1.54) is 11.8 Å². The Kier molecular flexibility index (Phi) is 3.60. The first-order valence-electron chi connectivity index (χ1n) is 6.42. The molecule has 0 aliphatic carbocycles. The zero-order valence-electron chi connectivity index (χ0n) is 10.7. The van der Waals surface area contributed by atoms with E-state index < -0.39 is 0 Å². The maximum absolute atomic E-state index is 11.3. The van der Waals surface area contributed by atoms with Crippen molar-refractivity contribution in [1.82, 2.24) is 10.2 Å². The van der Waals surface area contributed by atoms with Gasteiger partial charge in [-0.05, 0) is 18.1 Å². The van der Waals surface area contributed by atoms with Crippen LogP contribution in [-0.4, -0.2) is 23.3 Å². The van der Waals surface area contributed by atoms with E-state index in [1.807, 2.05) is 18.2 Å². The van der Waals surface area contributed by atoms with Gasteiger partial charge in [0.1, 0.15) is 10.8 Å². The summed E-state index contributed by atoms with van der Waals surface area (Å²) in [5, 5.41) is 9.31. The number of aromatic amines is 1. The van der Waals surface area contributed by atoms with Gasteiger partial charge in [-0.15, -0.1) is 0 Å². The first-order valence-corrected chi connectivity index (χ1v) is 6.79. The zero-order valence-corrected chi connectivity index (χ0v) is 11.5. The second-order valence-electron chi connectivity index (χ2n) is 4.80. The number of rotatable bonds is 3. The molecule has 1 aliphatic rings. The van der Waals surface area contributed by atoms with Crippen molar-refractivity contribution in [1.29, 1.82) is 0 Å². The van der Waals surface area contributed by atoms with Crippen LogP contribution in [0.2, 0.25) is 5.02 Å². The summed E-state index contributed by atoms with van der Waals surface area (Å²) in [6.07, 6.45) is 2.46. The lowest BCUT2D eigenvalue weighted by Gasteiger charge is -2.25. The highest BCUT2D eigenvalue weighted by molar-refractivity contribution is 6.32. The molecule has 0 amide bonds. The monoisotopic (exact) mass is 291 g/mol. The van der Waals surface area contributed by atoms with Crippen molar-refractivity contribution < 1.29 is 4.74 Å². The Morgan fingerprint density at radius 3 is 3.20 bits per heavy atom. The van der Waals surface area contributed by atoms with Gasteiger partial charge in [0.05, 0.1) is 18.5 Å². The molecule has 2 N–H and O–H groups in total. The molecule has 0 radical (unpaired) electrons. The quantitative estimate of drug-likeness (QED) is 0.909. The molecule has 0 spiro atoms. The van der Waals surface area contributed by atoms with Gasteiger partial charge in [0.25, 0.3) is 5.56 Å². The number of nitrogens with zero attached hydrogens (tertiary/aromatic N) is 1. The molecule has 1 atom stereocenters. The third kappa shape index (κ3) is 2.63. The predicted octanol–water partition coefficient (Wildman–Crippen LogP) is 2.09. The Morgan fingerprint density at radius 1 is 1.45 bits per heavy atom. The van der Waals surface area contributed by atoms with Crippen LogP contribution >= 0.6 is 11.6 Å². The van der Waals surface area contributed by atoms with Crippen molar-refractivity contribution in [3.05, 3.63) is 51.4 Å². The lowest BCUT2D eigenvalue weighted by atomic mass is 9.97. The number of ether oxygens (including phenoxy) is 1. The first kappa shape index (κ1) is 13.0. The SMILES string of the molecule is O=c1[nH]ncc(NC[C@@H]2COc3ccccc3C2)c1Cl. The van der Waals surface area contributed by atoms with Gasteiger partial charge < -0.3 is 10.1 Å². The number of H-pyrrole nitrogens is 1. The van der Waals surface area contributed by atoms with Gasteiger partial charge in [0.2, 0.25) is 0 Å². The molecule has 20 heavy (non-hydrogen) atoms. The van der Waals surface area contributed by atoms with Crippen molar-refractivity contribution in [2.24, 2.45) is 5.92 Å². The minimum atomic E-state index is -0.387. The fraction of sp³-hybridized carbons (Fsp3) is 0.286. The molecule has 0 saturated heterocycles. The van der Waals surface area contributed by atoms with E-state index in [-0.39, 0.29) is 10.6 Å². The molecular weight excluding hydrogens is 278 g/mol. The molecule has 5 nitrogen and oxygen atoms in total. The maximum atomic E-state index is 11.3. The average Bonchev–Trinajstić information content (AvgIpc) is 2.48. The van der Waals surface area contributed by atoms with Crippen LogP contribution in [0, 0.1) is 5.92 Å². The summed E-state index contributed by atoms with van der Waals surface area (Å²) in [6, 6.07) is 8.04. The lowest BCUT2D eigenvalue weighted by molar-refractivity contribution is 0.229. The van der Waals surface area contributed by atoms with Crippen molar-refractivity contribution in [2.45, 2.75) is 6.42 Å². The van der Waals surface area contributed by atoms with E-state index in [0.29, 0.717) is 24.8 Å². The Balaban J connectivity index is 1.66. The molecular formula is C14H14ClN3O2. The van der Waals surface area contributed by atoms with E-state index in [1.54, 1.807) is 0 Å². The van der Waals surface area contributed by atoms with Crippen molar-refractivity contribution in [3.8, 4) is 5.75 Å². The molecule has 0 saturated carbocycles. The number of aromatic nitrogens is 2. The summed E-state index contributed by atoms with van der Waals surface area (Å²) in [7, 11) is 0. The molecule has 0 bridgehead atoms. The highest BCUT2D eigenvalue weighted by atomic mass is 35.5. The van der Waals surface area contributed by atoms with Gasteiger partial charge in [0, 0.05) is 12.5 Å². The summed E-state index contributed by atoms with van der Waals surface area (Å²) in [4.78, 5) is 11.3. The van der Waals surface area contributed by atoms with Crippen LogP contribution in [-0.2, 0) is 6.42 Å². The van der Waals surface area contributed by atoms with Gasteiger partial charge in [-0.3, -0.25) is 4.79 Å². The van der Waals surface area contributed by atoms with E-state index >= 15 is 0 Å². The van der Waals surface area contributed by atoms with Crippen molar-refractivity contribution in [2.75, 3.05) is 18.5 Å². The number of hydrogen-bond acceptors (Lipinski definition) is 4. The predicted molar refractivity (Wildman–Crippen MR) is 77.5 cm³/mol. The molecule has 1 aromatic carbocycles. The number of para-hydroxylation sites is 1. The molecule has 0 unspecified atom stereocenters. The molecule has 2 aromatic rings. The molecule has 0 fully saturated rings. The van der Waals surface area contributed by atoms with Crippen molar-refractivity contribution >= 4 is 17.3 Å². The highest BCUT2D eigenvalue weighted by Crippen LogP contribution is 2.27. The summed E-state index contributed by atoms with van der Waals surface area (Å²) < 4.78 is 5.72. The smallest absolute Gasteiger partial charge is 0.285 e. The van der Waals surface area contributed by atoms with Crippen LogP contribution in [0.15, 0.2) is 35.3 Å². The third-order valence-corrected chi connectivity index (χ3v) is 3.71. The van der Waals surface area contributed by atoms with Crippen molar-refractivity contribution in [3.63, 3.8) is 0 Å². The van der Waals surface area contributed by atoms with E-state index in [0.717, 1.165) is 12.2 Å². The Morgan fingerprint density at radius 2 is 2.30 bits per heavy atom. The molecule has 6 heteroatoms. The van der Waals surface area contributed by atoms with Gasteiger partial charge in [-0.1, -0.05) is 29.8 Å². The largest absolute Gasteiger partial charge is 0.493 e. The molecule has 104 valence electrons. The molecule has 1 aliphatic heterocycles. The second-order valence-corrected chi connectivity index (χ2v) is 5.17. The van der Waals surface area contributed by atoms with E-state index in [9.17, 15) is 4.79 Å². The number of nitrogens with one attached hydrogen (secondary N) is 2. The topological polar surface area (TPSA) is 67.0 Å². The van der Waals surface area contributed by atoms with Crippen LogP contribution in [0.3, 0.4) is 0 Å². The highest BCUT2D eigenvalue weighted by Gasteiger charge is 2.19. The van der Waals surface area contributed by atoms with E-state index in [2.05, 4.69) is 21.6 Å². The standard InChI is InChI=1S/C14H14ClN3O2/c15-13-11(7-17-18-14(13)19)16-6-9-5-10-3-1-2-4-12(10)20-8-9/h1-4,7,9H,5-6,8H2,(H2,16,18,19)/t9-/m1/s1. The maximum Gasteiger partial charge on any atom is 0.285 e. The summed E-state index contributed by atoms with van der Waals surface area (Å²) in [5.74, 6) is 1.29. The fourth-order valence-corrected chi connectivity index (χ4v) is 2.44. The number of anilines is 1. The van der Waals surface area contributed by atoms with Crippen LogP contribution in [0.5, 0.6) is 5.75 Å². The Labute approximate surface area is 120 Å². The summed E-state index contributed by atoms with van der Waals surface area (Å²) >= 11 is 5.91. The first-order chi connectivity index (χ1) is 9.74. The zero-order chi connectivity index (χ0) is 13.9. The minimum absolute atomic E-state index is 0.136. The lowest BCUT2D eigenvalue weighted by Crippen LogP contribution is -2.27. The van der Waals surface area contributed by atoms with Crippen LogP contribution < -0.4 is 15.6 Å². The van der Waals surface area contributed by atoms with Crippen LogP contribution in [0.1, 0.15) is 5.56 Å². The van der Waals surface area contributed by atoms with Crippen LogP contribution in [0.4, 0.5) is 5.69 Å². The van der Waals surface area contributed by atoms with Crippen LogP contribution in [0.25, 0.3) is 0 Å². The normalized spacial score (nSPS) is 17.1. The van der Waals surface area contributed by atoms with Gasteiger partial charge in [-0.25, -0.2) is 5.10 Å². The summed E-state index contributed by atoms with van der Waals surface area (Å²) in [6.45, 7) is 1.33. The fourth-order valence-electron chi connectivity index (χ4n) is 2.28. The van der Waals surface area contributed by atoms with E-state index in [4.69, 9.17) is 16.3 Å². The number of halogens is 1. The summed E-state index contributed by atoms with van der Waals surface area (Å²) in [5.41, 5.74) is 1.37. The Bertz CT molecular complexity index is 671. The van der Waals surface area contributed by atoms with Gasteiger partial charge in [0.15, 0.2) is 0 Å². The minimum Gasteiger partial charge on any atom is -0.493 e. The molecule has 3 rings (SSSR count). The number of fused-ring (bicyclic) bond motifs is 1.